The van der Waals surface area contributed by atoms with Crippen LogP contribution in [0, 0.1) is 5.92 Å². The van der Waals surface area contributed by atoms with Crippen LogP contribution in [0.5, 0.6) is 0 Å². The summed E-state index contributed by atoms with van der Waals surface area (Å²) in [6.45, 7) is 5.16. The zero-order chi connectivity index (χ0) is 26.4. The lowest BCUT2D eigenvalue weighted by Gasteiger charge is -2.24. The number of rotatable bonds is 16. The van der Waals surface area contributed by atoms with Crippen LogP contribution >= 0.6 is 0 Å². The van der Waals surface area contributed by atoms with Gasteiger partial charge in [-0.1, -0.05) is 13.8 Å². The molecule has 0 aliphatic rings. The van der Waals surface area contributed by atoms with Crippen LogP contribution in [0.1, 0.15) is 52.9 Å². The summed E-state index contributed by atoms with van der Waals surface area (Å²) < 4.78 is 0. The lowest BCUT2D eigenvalue weighted by molar-refractivity contribution is -0.143. The molecule has 0 aromatic rings. The van der Waals surface area contributed by atoms with Gasteiger partial charge in [0, 0.05) is 13.0 Å². The van der Waals surface area contributed by atoms with Gasteiger partial charge in [-0.2, -0.15) is 0 Å². The minimum Gasteiger partial charge on any atom is -0.481 e. The van der Waals surface area contributed by atoms with Crippen molar-refractivity contribution in [3.05, 3.63) is 0 Å². The highest BCUT2D eigenvalue weighted by Gasteiger charge is 2.29. The molecule has 0 rings (SSSR count). The fraction of sp³-hybridized carbons (Fsp3) is 0.700. The van der Waals surface area contributed by atoms with E-state index < -0.39 is 53.8 Å². The molecule has 0 aromatic carbocycles. The van der Waals surface area contributed by atoms with E-state index >= 15 is 0 Å². The average molecular weight is 488 g/mol. The number of hydrogen-bond donors (Lipinski definition) is 8. The number of aliphatic carboxylic acids is 2. The molecule has 11 N–H and O–H groups in total. The van der Waals surface area contributed by atoms with Crippen molar-refractivity contribution in [1.82, 2.24) is 16.0 Å². The van der Waals surface area contributed by atoms with Gasteiger partial charge in [-0.05, 0) is 38.5 Å². The molecule has 14 heteroatoms. The van der Waals surface area contributed by atoms with Crippen LogP contribution in [-0.4, -0.2) is 76.5 Å². The zero-order valence-electron chi connectivity index (χ0n) is 19.7. The number of nitrogens with one attached hydrogen (secondary N) is 3. The average Bonchev–Trinajstić information content (AvgIpc) is 2.72. The number of nitrogens with zero attached hydrogens (tertiary/aromatic N) is 1. The second-order valence-corrected chi connectivity index (χ2v) is 8.31. The van der Waals surface area contributed by atoms with Gasteiger partial charge in [0.05, 0.1) is 6.04 Å². The number of carbonyl (C=O) groups is 5. The van der Waals surface area contributed by atoms with Gasteiger partial charge in [0.2, 0.25) is 17.7 Å². The van der Waals surface area contributed by atoms with Crippen LogP contribution in [-0.2, 0) is 24.0 Å². The fourth-order valence-corrected chi connectivity index (χ4v) is 2.83. The summed E-state index contributed by atoms with van der Waals surface area (Å²) in [5.74, 6) is -4.59. The first kappa shape index (κ1) is 30.6. The summed E-state index contributed by atoms with van der Waals surface area (Å²) in [5.41, 5.74) is 16.2. The lowest BCUT2D eigenvalue weighted by Crippen LogP contribution is -2.56. The van der Waals surface area contributed by atoms with E-state index in [1.807, 2.05) is 13.8 Å². The minimum atomic E-state index is -1.20. The van der Waals surface area contributed by atoms with Crippen molar-refractivity contribution in [3.8, 4) is 0 Å². The number of carboxylic acid groups (broad SMARTS) is 2. The van der Waals surface area contributed by atoms with Crippen LogP contribution < -0.4 is 33.2 Å². The Bertz CT molecular complexity index is 754. The number of aliphatic imine (C=N–C) groups is 1. The van der Waals surface area contributed by atoms with E-state index in [1.165, 1.54) is 6.92 Å². The maximum Gasteiger partial charge on any atom is 0.326 e. The molecule has 0 aromatic heterocycles. The van der Waals surface area contributed by atoms with Crippen molar-refractivity contribution < 1.29 is 34.2 Å². The minimum absolute atomic E-state index is 0.00289. The van der Waals surface area contributed by atoms with Crippen LogP contribution in [0.3, 0.4) is 0 Å². The fourth-order valence-electron chi connectivity index (χ4n) is 2.83. The monoisotopic (exact) mass is 487 g/mol. The van der Waals surface area contributed by atoms with E-state index in [4.69, 9.17) is 22.3 Å². The number of carboxylic acids is 2. The second-order valence-electron chi connectivity index (χ2n) is 8.31. The van der Waals surface area contributed by atoms with Gasteiger partial charge >= 0.3 is 11.9 Å². The largest absolute Gasteiger partial charge is 0.481 e. The lowest BCUT2D eigenvalue weighted by atomic mass is 10.0. The Hall–Kier alpha value is -3.42. The van der Waals surface area contributed by atoms with Gasteiger partial charge < -0.3 is 43.4 Å². The van der Waals surface area contributed by atoms with Gasteiger partial charge in [0.1, 0.15) is 18.1 Å². The summed E-state index contributed by atoms with van der Waals surface area (Å²) in [5, 5.41) is 25.3. The molecule has 0 bridgehead atoms. The summed E-state index contributed by atoms with van der Waals surface area (Å²) in [7, 11) is 0. The van der Waals surface area contributed by atoms with E-state index in [2.05, 4.69) is 20.9 Å². The number of hydrogen-bond acceptors (Lipinski definition) is 7. The molecule has 0 aliphatic heterocycles. The Morgan fingerprint density at radius 2 is 1.44 bits per heavy atom. The third kappa shape index (κ3) is 13.2. The number of amides is 3. The van der Waals surface area contributed by atoms with Crippen molar-refractivity contribution in [2.45, 2.75) is 77.0 Å². The molecule has 3 amide bonds. The van der Waals surface area contributed by atoms with E-state index in [9.17, 15) is 29.1 Å². The van der Waals surface area contributed by atoms with Crippen LogP contribution in [0.15, 0.2) is 4.99 Å². The van der Waals surface area contributed by atoms with Gasteiger partial charge in [0.25, 0.3) is 0 Å². The Morgan fingerprint density at radius 1 is 0.853 bits per heavy atom. The standard InChI is InChI=1S/C20H37N7O7/c1-10(2)9-14(19(33)34)27-18(32)13(5-4-8-24-20(22)23)26-16(30)11(3)25-17(31)12(21)6-7-15(28)29/h10-14H,4-9,21H2,1-3H3,(H,25,31)(H,26,30)(H,27,32)(H,28,29)(H,33,34)(H4,22,23,24). The summed E-state index contributed by atoms with van der Waals surface area (Å²) >= 11 is 0. The molecule has 0 aliphatic carbocycles. The van der Waals surface area contributed by atoms with Crippen LogP contribution in [0.4, 0.5) is 0 Å². The summed E-state index contributed by atoms with van der Waals surface area (Å²) in [4.78, 5) is 63.4. The Kier molecular flexibility index (Phi) is 13.9. The molecule has 34 heavy (non-hydrogen) atoms. The van der Waals surface area contributed by atoms with Gasteiger partial charge in [-0.3, -0.25) is 24.2 Å². The van der Waals surface area contributed by atoms with E-state index in [1.54, 1.807) is 0 Å². The molecule has 0 spiro atoms. The smallest absolute Gasteiger partial charge is 0.326 e. The van der Waals surface area contributed by atoms with Crippen LogP contribution in [0.25, 0.3) is 0 Å². The number of guanidine groups is 1. The normalized spacial score (nSPS) is 14.3. The van der Waals surface area contributed by atoms with E-state index in [0.29, 0.717) is 6.42 Å². The molecule has 0 heterocycles. The maximum atomic E-state index is 12.8. The topological polar surface area (TPSA) is 252 Å². The van der Waals surface area contributed by atoms with Crippen molar-refractivity contribution in [3.63, 3.8) is 0 Å². The third-order valence-corrected chi connectivity index (χ3v) is 4.66. The van der Waals surface area contributed by atoms with Gasteiger partial charge in [0.15, 0.2) is 5.96 Å². The highest BCUT2D eigenvalue weighted by molar-refractivity contribution is 5.94. The second kappa shape index (κ2) is 15.4. The molecule has 0 radical (unpaired) electrons. The first-order valence-corrected chi connectivity index (χ1v) is 10.9. The third-order valence-electron chi connectivity index (χ3n) is 4.66. The Balaban J connectivity index is 5.22. The number of nitrogens with two attached hydrogens (primary N) is 3. The Morgan fingerprint density at radius 3 is 1.94 bits per heavy atom. The van der Waals surface area contributed by atoms with Gasteiger partial charge in [-0.25, -0.2) is 4.79 Å². The molecular weight excluding hydrogens is 450 g/mol. The maximum absolute atomic E-state index is 12.8. The molecule has 0 saturated heterocycles. The van der Waals surface area contributed by atoms with Crippen molar-refractivity contribution in [1.29, 1.82) is 0 Å². The molecule has 0 fully saturated rings. The molecule has 4 atom stereocenters. The van der Waals surface area contributed by atoms with Crippen molar-refractivity contribution >= 4 is 35.6 Å². The van der Waals surface area contributed by atoms with Crippen LogP contribution in [0.2, 0.25) is 0 Å². The summed E-state index contributed by atoms with van der Waals surface area (Å²) in [6, 6.07) is -4.48. The molecule has 0 saturated carbocycles. The van der Waals surface area contributed by atoms with E-state index in [0.717, 1.165) is 0 Å². The molecule has 14 nitrogen and oxygen atoms in total. The number of carbonyl (C=O) groups excluding carboxylic acids is 3. The van der Waals surface area contributed by atoms with Crippen molar-refractivity contribution in [2.75, 3.05) is 6.54 Å². The highest BCUT2D eigenvalue weighted by Crippen LogP contribution is 2.07. The highest BCUT2D eigenvalue weighted by atomic mass is 16.4. The molecule has 4 unspecified atom stereocenters. The zero-order valence-corrected chi connectivity index (χ0v) is 19.7. The molecule has 194 valence electrons. The SMILES string of the molecule is CC(C)CC(NC(=O)C(CCCN=C(N)N)NC(=O)C(C)NC(=O)C(N)CCC(=O)O)C(=O)O. The quantitative estimate of drug-likeness (QED) is 0.0664. The molecular formula is C20H37N7O7. The predicted octanol–water partition coefficient (Wildman–Crippen LogP) is -2.16. The predicted molar refractivity (Wildman–Crippen MR) is 123 cm³/mol. The Labute approximate surface area is 198 Å². The summed E-state index contributed by atoms with van der Waals surface area (Å²) in [6.07, 6.45) is 0.169. The first-order valence-electron chi connectivity index (χ1n) is 10.9. The van der Waals surface area contributed by atoms with E-state index in [-0.39, 0.29) is 44.1 Å². The first-order chi connectivity index (χ1) is 15.7. The van der Waals surface area contributed by atoms with Gasteiger partial charge in [-0.15, -0.1) is 0 Å². The van der Waals surface area contributed by atoms with Crippen molar-refractivity contribution in [2.24, 2.45) is 28.1 Å².